The molecule has 0 bridgehead atoms. The molecule has 1 unspecified atom stereocenters. The number of aryl methyl sites for hydroxylation is 1. The van der Waals surface area contributed by atoms with Gasteiger partial charge in [0, 0.05) is 42.8 Å². The van der Waals surface area contributed by atoms with E-state index < -0.39 is 6.23 Å². The molecule has 5 rings (SSSR count). The third-order valence-corrected chi connectivity index (χ3v) is 7.64. The van der Waals surface area contributed by atoms with Gasteiger partial charge in [-0.2, -0.15) is 0 Å². The van der Waals surface area contributed by atoms with Crippen molar-refractivity contribution in [2.45, 2.75) is 38.7 Å². The van der Waals surface area contributed by atoms with Gasteiger partial charge in [0.05, 0.1) is 0 Å². The summed E-state index contributed by atoms with van der Waals surface area (Å²) in [6.45, 7) is 3.76. The monoisotopic (exact) mass is 505 g/mol. The number of amides is 1. The van der Waals surface area contributed by atoms with Gasteiger partial charge in [-0.3, -0.25) is 9.69 Å². The highest BCUT2D eigenvalue weighted by molar-refractivity contribution is 7.16. The molecule has 1 aliphatic rings. The Bertz CT molecular complexity index is 1340. The molecular formula is C28H31N3O4S. The summed E-state index contributed by atoms with van der Waals surface area (Å²) >= 11 is 1.62. The number of anilines is 1. The van der Waals surface area contributed by atoms with E-state index in [1.165, 1.54) is 0 Å². The van der Waals surface area contributed by atoms with E-state index in [0.717, 1.165) is 53.1 Å². The number of nitrogens with zero attached hydrogens (tertiary/aromatic N) is 2. The average Bonchev–Trinajstić information content (AvgIpc) is 3.47. The first-order valence-corrected chi connectivity index (χ1v) is 13.1. The summed E-state index contributed by atoms with van der Waals surface area (Å²) in [6.07, 6.45) is 1.46. The summed E-state index contributed by atoms with van der Waals surface area (Å²) in [7, 11) is 1.91. The number of benzene rings is 2. The van der Waals surface area contributed by atoms with E-state index >= 15 is 0 Å². The highest BCUT2D eigenvalue weighted by Crippen LogP contribution is 2.27. The molecule has 0 spiro atoms. The van der Waals surface area contributed by atoms with E-state index in [2.05, 4.69) is 10.2 Å². The molecule has 188 valence electrons. The lowest BCUT2D eigenvalue weighted by Crippen LogP contribution is -2.42. The van der Waals surface area contributed by atoms with Gasteiger partial charge < -0.3 is 24.5 Å². The van der Waals surface area contributed by atoms with Gasteiger partial charge >= 0.3 is 0 Å². The molecule has 2 N–H and O–H groups in total. The molecule has 8 heteroatoms. The Labute approximate surface area is 214 Å². The average molecular weight is 506 g/mol. The highest BCUT2D eigenvalue weighted by Gasteiger charge is 2.23. The Morgan fingerprint density at radius 3 is 2.67 bits per heavy atom. The minimum absolute atomic E-state index is 0.124. The van der Waals surface area contributed by atoms with Crippen molar-refractivity contribution < 1.29 is 19.4 Å². The summed E-state index contributed by atoms with van der Waals surface area (Å²) in [6, 6.07) is 19.3. The standard InChI is InChI=1S/C28H31N3O4S/c1-19(32)31-13-10-22(11-14-31)35-24-8-5-7-23(17-24)34-18-21-6-3-4-9-25(21)29-27(33)26-16-20-12-15-36-28(20)30(26)2/h3-9,12,15-17,19,22,32H,10-11,13-14,18H2,1-2H3,(H,29,33). The molecule has 2 aromatic carbocycles. The molecule has 1 saturated heterocycles. The zero-order valence-corrected chi connectivity index (χ0v) is 21.3. The van der Waals surface area contributed by atoms with Crippen LogP contribution in [0.15, 0.2) is 66.0 Å². The van der Waals surface area contributed by atoms with Crippen LogP contribution in [0.4, 0.5) is 5.69 Å². The minimum atomic E-state index is -0.417. The van der Waals surface area contributed by atoms with Gasteiger partial charge in [-0.25, -0.2) is 0 Å². The second kappa shape index (κ2) is 10.7. The summed E-state index contributed by atoms with van der Waals surface area (Å²) < 4.78 is 14.2. The van der Waals surface area contributed by atoms with Crippen LogP contribution in [0.25, 0.3) is 10.2 Å². The number of hydrogen-bond acceptors (Lipinski definition) is 6. The van der Waals surface area contributed by atoms with Crippen LogP contribution in [0.1, 0.15) is 35.8 Å². The molecule has 1 amide bonds. The Morgan fingerprint density at radius 1 is 1.11 bits per heavy atom. The van der Waals surface area contributed by atoms with Crippen LogP contribution in [-0.2, 0) is 13.7 Å². The van der Waals surface area contributed by atoms with Gasteiger partial charge in [0.2, 0.25) is 0 Å². The second-order valence-corrected chi connectivity index (χ2v) is 10.0. The van der Waals surface area contributed by atoms with E-state index in [9.17, 15) is 9.90 Å². The molecule has 4 aromatic rings. The van der Waals surface area contributed by atoms with Crippen molar-refractivity contribution in [1.29, 1.82) is 0 Å². The predicted octanol–water partition coefficient (Wildman–Crippen LogP) is 5.25. The SMILES string of the molecule is CC(O)N1CCC(Oc2cccc(OCc3ccccc3NC(=O)c3cc4ccsc4n3C)c2)CC1. The maximum absolute atomic E-state index is 13.0. The number of aliphatic hydroxyl groups excluding tert-OH is 1. The molecule has 3 heterocycles. The van der Waals surface area contributed by atoms with Gasteiger partial charge in [-0.05, 0) is 55.5 Å². The molecule has 36 heavy (non-hydrogen) atoms. The Kier molecular flexibility index (Phi) is 7.27. The normalized spacial score (nSPS) is 15.6. The summed E-state index contributed by atoms with van der Waals surface area (Å²) in [4.78, 5) is 16.1. The van der Waals surface area contributed by atoms with Gasteiger partial charge in [-0.1, -0.05) is 24.3 Å². The predicted molar refractivity (Wildman–Crippen MR) is 143 cm³/mol. The largest absolute Gasteiger partial charge is 0.490 e. The van der Waals surface area contributed by atoms with Crippen LogP contribution in [0.5, 0.6) is 11.5 Å². The number of piperidine rings is 1. The second-order valence-electron chi connectivity index (χ2n) is 9.13. The van der Waals surface area contributed by atoms with Crippen LogP contribution < -0.4 is 14.8 Å². The van der Waals surface area contributed by atoms with E-state index in [1.807, 2.05) is 77.7 Å². The number of likely N-dealkylation sites (tertiary alicyclic amines) is 1. The number of ether oxygens (including phenoxy) is 2. The number of para-hydroxylation sites is 1. The topological polar surface area (TPSA) is 76.0 Å². The molecule has 2 aromatic heterocycles. The summed E-state index contributed by atoms with van der Waals surface area (Å²) in [5.41, 5.74) is 2.24. The van der Waals surface area contributed by atoms with Crippen LogP contribution in [0.2, 0.25) is 0 Å². The van der Waals surface area contributed by atoms with E-state index in [-0.39, 0.29) is 12.0 Å². The Morgan fingerprint density at radius 2 is 1.89 bits per heavy atom. The summed E-state index contributed by atoms with van der Waals surface area (Å²) in [5.74, 6) is 1.33. The Balaban J connectivity index is 1.21. The van der Waals surface area contributed by atoms with Crippen molar-refractivity contribution in [2.75, 3.05) is 18.4 Å². The molecule has 1 atom stereocenters. The fourth-order valence-corrected chi connectivity index (χ4v) is 5.44. The third-order valence-electron chi connectivity index (χ3n) is 6.64. The first-order chi connectivity index (χ1) is 17.5. The Hall–Kier alpha value is -3.33. The zero-order chi connectivity index (χ0) is 25.1. The van der Waals surface area contributed by atoms with Gasteiger partial charge in [0.1, 0.15) is 41.0 Å². The zero-order valence-electron chi connectivity index (χ0n) is 20.5. The lowest BCUT2D eigenvalue weighted by atomic mass is 10.1. The molecule has 0 aliphatic carbocycles. The number of carbonyl (C=O) groups is 1. The quantitative estimate of drug-likeness (QED) is 0.342. The van der Waals surface area contributed by atoms with Crippen molar-refractivity contribution in [3.8, 4) is 11.5 Å². The summed E-state index contributed by atoms with van der Waals surface area (Å²) in [5, 5.41) is 15.9. The van der Waals surface area contributed by atoms with Crippen LogP contribution in [0, 0.1) is 0 Å². The van der Waals surface area contributed by atoms with E-state index in [0.29, 0.717) is 18.1 Å². The van der Waals surface area contributed by atoms with Crippen molar-refractivity contribution in [3.63, 3.8) is 0 Å². The molecule has 1 fully saturated rings. The molecule has 0 radical (unpaired) electrons. The van der Waals surface area contributed by atoms with Crippen molar-refractivity contribution in [1.82, 2.24) is 9.47 Å². The van der Waals surface area contributed by atoms with Crippen LogP contribution >= 0.6 is 11.3 Å². The lowest BCUT2D eigenvalue weighted by molar-refractivity contribution is -0.0163. The highest BCUT2D eigenvalue weighted by atomic mass is 32.1. The number of nitrogens with one attached hydrogen (secondary N) is 1. The van der Waals surface area contributed by atoms with Crippen LogP contribution in [0.3, 0.4) is 0 Å². The number of carbonyl (C=O) groups excluding carboxylic acids is 1. The number of hydrogen-bond donors (Lipinski definition) is 2. The van der Waals surface area contributed by atoms with Crippen molar-refractivity contribution in [2.24, 2.45) is 7.05 Å². The maximum Gasteiger partial charge on any atom is 0.272 e. The molecule has 7 nitrogen and oxygen atoms in total. The fraction of sp³-hybridized carbons (Fsp3) is 0.321. The number of rotatable bonds is 8. The van der Waals surface area contributed by atoms with E-state index in [4.69, 9.17) is 9.47 Å². The number of aliphatic hydroxyl groups is 1. The number of aromatic nitrogens is 1. The van der Waals surface area contributed by atoms with Gasteiger partial charge in [0.15, 0.2) is 0 Å². The van der Waals surface area contributed by atoms with Gasteiger partial charge in [-0.15, -0.1) is 11.3 Å². The first-order valence-electron chi connectivity index (χ1n) is 12.2. The maximum atomic E-state index is 13.0. The lowest BCUT2D eigenvalue weighted by Gasteiger charge is -2.33. The molecule has 0 saturated carbocycles. The number of fused-ring (bicyclic) bond motifs is 1. The van der Waals surface area contributed by atoms with Crippen LogP contribution in [-0.4, -0.2) is 45.9 Å². The number of thiophene rings is 1. The minimum Gasteiger partial charge on any atom is -0.490 e. The fourth-order valence-electron chi connectivity index (χ4n) is 4.58. The smallest absolute Gasteiger partial charge is 0.272 e. The third kappa shape index (κ3) is 5.41. The molecule has 1 aliphatic heterocycles. The first kappa shape index (κ1) is 24.4. The van der Waals surface area contributed by atoms with Crippen molar-refractivity contribution >= 4 is 33.1 Å². The van der Waals surface area contributed by atoms with E-state index in [1.54, 1.807) is 18.3 Å². The van der Waals surface area contributed by atoms with Gasteiger partial charge in [0.25, 0.3) is 5.91 Å². The molecular weight excluding hydrogens is 474 g/mol. The van der Waals surface area contributed by atoms with Crippen molar-refractivity contribution in [3.05, 3.63) is 77.3 Å².